The number of rotatable bonds is 3. The van der Waals surface area contributed by atoms with E-state index in [9.17, 15) is 4.79 Å². The number of benzene rings is 1. The summed E-state index contributed by atoms with van der Waals surface area (Å²) in [5.74, 6) is 0.362. The van der Waals surface area contributed by atoms with E-state index < -0.39 is 5.54 Å². The minimum atomic E-state index is -0.646. The van der Waals surface area contributed by atoms with E-state index in [1.807, 2.05) is 24.3 Å². The Morgan fingerprint density at radius 2 is 1.95 bits per heavy atom. The highest BCUT2D eigenvalue weighted by Crippen LogP contribution is 2.42. The van der Waals surface area contributed by atoms with Gasteiger partial charge in [-0.05, 0) is 55.2 Å². The van der Waals surface area contributed by atoms with Crippen molar-refractivity contribution in [3.63, 3.8) is 0 Å². The summed E-state index contributed by atoms with van der Waals surface area (Å²) in [5, 5.41) is 4.00. The molecule has 1 aromatic carbocycles. The van der Waals surface area contributed by atoms with Crippen LogP contribution >= 0.6 is 11.6 Å². The molecule has 0 heterocycles. The summed E-state index contributed by atoms with van der Waals surface area (Å²) in [6.07, 6.45) is 3.58. The van der Waals surface area contributed by atoms with Crippen LogP contribution in [0, 0.1) is 11.3 Å². The first-order chi connectivity index (χ1) is 9.73. The van der Waals surface area contributed by atoms with Gasteiger partial charge in [0.2, 0.25) is 5.91 Å². The maximum Gasteiger partial charge on any atom is 0.243 e. The number of primary amides is 1. The zero-order valence-electron chi connectivity index (χ0n) is 13.1. The van der Waals surface area contributed by atoms with Crippen molar-refractivity contribution >= 4 is 23.2 Å². The van der Waals surface area contributed by atoms with Gasteiger partial charge in [0.1, 0.15) is 5.54 Å². The van der Waals surface area contributed by atoms with Crippen LogP contribution in [0.3, 0.4) is 0 Å². The third-order valence-electron chi connectivity index (χ3n) is 4.74. The molecular weight excluding hydrogens is 284 g/mol. The van der Waals surface area contributed by atoms with Crippen molar-refractivity contribution in [1.82, 2.24) is 0 Å². The third-order valence-corrected chi connectivity index (χ3v) is 4.98. The Morgan fingerprint density at radius 3 is 2.43 bits per heavy atom. The highest BCUT2D eigenvalue weighted by atomic mass is 35.5. The number of nitrogens with one attached hydrogen (secondary N) is 1. The first-order valence-corrected chi connectivity index (χ1v) is 7.94. The van der Waals surface area contributed by atoms with Gasteiger partial charge < -0.3 is 11.1 Å². The molecule has 1 amide bonds. The van der Waals surface area contributed by atoms with E-state index in [0.717, 1.165) is 31.4 Å². The van der Waals surface area contributed by atoms with Gasteiger partial charge in [0.25, 0.3) is 0 Å². The lowest BCUT2D eigenvalue weighted by atomic mass is 9.67. The summed E-state index contributed by atoms with van der Waals surface area (Å²) in [7, 11) is 0. The molecule has 0 unspecified atom stereocenters. The molecule has 2 rings (SSSR count). The second kappa shape index (κ2) is 5.88. The maximum atomic E-state index is 12.0. The topological polar surface area (TPSA) is 55.1 Å². The van der Waals surface area contributed by atoms with E-state index in [4.69, 9.17) is 17.3 Å². The fourth-order valence-corrected chi connectivity index (χ4v) is 3.44. The Balaban J connectivity index is 2.15. The Bertz CT molecular complexity index is 514. The van der Waals surface area contributed by atoms with Crippen molar-refractivity contribution in [3.8, 4) is 0 Å². The van der Waals surface area contributed by atoms with E-state index in [2.05, 4.69) is 26.1 Å². The van der Waals surface area contributed by atoms with E-state index in [-0.39, 0.29) is 11.3 Å². The molecule has 1 saturated carbocycles. The van der Waals surface area contributed by atoms with Crippen molar-refractivity contribution in [1.29, 1.82) is 0 Å². The number of nitrogens with two attached hydrogens (primary N) is 1. The molecule has 0 saturated heterocycles. The van der Waals surface area contributed by atoms with E-state index in [1.165, 1.54) is 0 Å². The highest BCUT2D eigenvalue weighted by Gasteiger charge is 2.42. The van der Waals surface area contributed by atoms with Crippen LogP contribution < -0.4 is 11.1 Å². The second-order valence-corrected chi connectivity index (χ2v) is 7.66. The predicted molar refractivity (Wildman–Crippen MR) is 88.4 cm³/mol. The Kier molecular flexibility index (Phi) is 4.52. The minimum Gasteiger partial charge on any atom is -0.371 e. The number of halogens is 1. The monoisotopic (exact) mass is 308 g/mol. The van der Waals surface area contributed by atoms with Gasteiger partial charge in [-0.25, -0.2) is 0 Å². The molecule has 0 atom stereocenters. The second-order valence-electron chi connectivity index (χ2n) is 7.22. The standard InChI is InChI=1S/C17H25ClN2O/c1-16(2,3)12-7-9-17(10-8-12,15(19)21)20-14-6-4-5-13(18)11-14/h4-6,11-12,20H,7-10H2,1-3H3,(H2,19,21). The molecule has 1 aliphatic rings. The smallest absolute Gasteiger partial charge is 0.243 e. The van der Waals surface area contributed by atoms with Crippen molar-refractivity contribution < 1.29 is 4.79 Å². The molecule has 0 bridgehead atoms. The van der Waals surface area contributed by atoms with Gasteiger partial charge in [0, 0.05) is 10.7 Å². The summed E-state index contributed by atoms with van der Waals surface area (Å²) in [6.45, 7) is 6.79. The summed E-state index contributed by atoms with van der Waals surface area (Å²) >= 11 is 6.01. The van der Waals surface area contributed by atoms with Gasteiger partial charge in [0.05, 0.1) is 0 Å². The molecule has 0 aromatic heterocycles. The number of carbonyl (C=O) groups is 1. The Hall–Kier alpha value is -1.22. The molecular formula is C17H25ClN2O. The van der Waals surface area contributed by atoms with Crippen LogP contribution in [-0.4, -0.2) is 11.4 Å². The van der Waals surface area contributed by atoms with Crippen LogP contribution in [0.5, 0.6) is 0 Å². The minimum absolute atomic E-state index is 0.269. The summed E-state index contributed by atoms with van der Waals surface area (Å²) in [6, 6.07) is 7.45. The van der Waals surface area contributed by atoms with Crippen LogP contribution in [0.4, 0.5) is 5.69 Å². The van der Waals surface area contributed by atoms with E-state index in [1.54, 1.807) is 0 Å². The summed E-state index contributed by atoms with van der Waals surface area (Å²) < 4.78 is 0. The van der Waals surface area contributed by atoms with Crippen LogP contribution in [0.15, 0.2) is 24.3 Å². The fourth-order valence-electron chi connectivity index (χ4n) is 3.25. The van der Waals surface area contributed by atoms with Crippen LogP contribution in [-0.2, 0) is 4.79 Å². The molecule has 21 heavy (non-hydrogen) atoms. The molecule has 1 fully saturated rings. The number of anilines is 1. The SMILES string of the molecule is CC(C)(C)C1CCC(Nc2cccc(Cl)c2)(C(N)=O)CC1. The molecule has 0 aliphatic heterocycles. The fraction of sp³-hybridized carbons (Fsp3) is 0.588. The molecule has 1 aromatic rings. The molecule has 4 heteroatoms. The number of amides is 1. The first-order valence-electron chi connectivity index (χ1n) is 7.57. The Labute approximate surface area is 132 Å². The van der Waals surface area contributed by atoms with Crippen molar-refractivity contribution in [2.45, 2.75) is 52.0 Å². The van der Waals surface area contributed by atoms with Gasteiger partial charge in [-0.15, -0.1) is 0 Å². The zero-order chi connectivity index (χ0) is 15.7. The van der Waals surface area contributed by atoms with E-state index >= 15 is 0 Å². The molecule has 1 aliphatic carbocycles. The molecule has 3 nitrogen and oxygen atoms in total. The van der Waals surface area contributed by atoms with Crippen LogP contribution in [0.1, 0.15) is 46.5 Å². The summed E-state index contributed by atoms with van der Waals surface area (Å²) in [4.78, 5) is 12.0. The highest BCUT2D eigenvalue weighted by molar-refractivity contribution is 6.30. The maximum absolute atomic E-state index is 12.0. The average Bonchev–Trinajstić information content (AvgIpc) is 2.38. The van der Waals surface area contributed by atoms with Crippen molar-refractivity contribution in [2.24, 2.45) is 17.1 Å². The van der Waals surface area contributed by atoms with Crippen molar-refractivity contribution in [2.75, 3.05) is 5.32 Å². The quantitative estimate of drug-likeness (QED) is 0.878. The van der Waals surface area contributed by atoms with Crippen LogP contribution in [0.2, 0.25) is 5.02 Å². The molecule has 0 spiro atoms. The van der Waals surface area contributed by atoms with Gasteiger partial charge in [0.15, 0.2) is 0 Å². The lowest BCUT2D eigenvalue weighted by Crippen LogP contribution is -2.53. The first kappa shape index (κ1) is 16.2. The van der Waals surface area contributed by atoms with Crippen molar-refractivity contribution in [3.05, 3.63) is 29.3 Å². The number of carbonyl (C=O) groups excluding carboxylic acids is 1. The van der Waals surface area contributed by atoms with Crippen LogP contribution in [0.25, 0.3) is 0 Å². The molecule has 3 N–H and O–H groups in total. The Morgan fingerprint density at radius 1 is 1.33 bits per heavy atom. The molecule has 116 valence electrons. The molecule has 0 radical (unpaired) electrons. The third kappa shape index (κ3) is 3.70. The lowest BCUT2D eigenvalue weighted by molar-refractivity contribution is -0.123. The zero-order valence-corrected chi connectivity index (χ0v) is 13.8. The van der Waals surface area contributed by atoms with Gasteiger partial charge >= 0.3 is 0 Å². The largest absolute Gasteiger partial charge is 0.371 e. The normalized spacial score (nSPS) is 26.4. The predicted octanol–water partition coefficient (Wildman–Crippen LogP) is 4.21. The summed E-state index contributed by atoms with van der Waals surface area (Å²) in [5.41, 5.74) is 6.20. The van der Waals surface area contributed by atoms with Gasteiger partial charge in [-0.3, -0.25) is 4.79 Å². The average molecular weight is 309 g/mol. The number of hydrogen-bond acceptors (Lipinski definition) is 2. The van der Waals surface area contributed by atoms with Gasteiger partial charge in [-0.1, -0.05) is 38.4 Å². The number of hydrogen-bond donors (Lipinski definition) is 2. The van der Waals surface area contributed by atoms with E-state index in [0.29, 0.717) is 10.9 Å². The lowest BCUT2D eigenvalue weighted by Gasteiger charge is -2.43. The van der Waals surface area contributed by atoms with Gasteiger partial charge in [-0.2, -0.15) is 0 Å².